The molecule has 0 aromatic carbocycles. The standard InChI is InChI=1S/C16H24F3N5O2S.HI/c1-2-20-15(22-10-6-13-5-3-4-9-21-13)23-14-7-11-24(12-8-14)27(25,26)16(17,18)19;/h3-5,9,14H,2,6-8,10-12H2,1H3,(H2,20,22,23);1H. The number of piperidine rings is 1. The van der Waals surface area contributed by atoms with E-state index in [-0.39, 0.29) is 55.9 Å². The topological polar surface area (TPSA) is 86.7 Å². The molecule has 0 radical (unpaired) electrons. The number of halogens is 4. The molecular formula is C16H25F3IN5O2S. The Morgan fingerprint density at radius 3 is 2.54 bits per heavy atom. The average molecular weight is 535 g/mol. The predicted octanol–water partition coefficient (Wildman–Crippen LogP) is 2.11. The van der Waals surface area contributed by atoms with Gasteiger partial charge in [0.05, 0.1) is 0 Å². The minimum absolute atomic E-state index is 0. The number of aromatic nitrogens is 1. The number of rotatable bonds is 6. The first-order valence-corrected chi connectivity index (χ1v) is 10.2. The van der Waals surface area contributed by atoms with Gasteiger partial charge in [-0.25, -0.2) is 8.42 Å². The summed E-state index contributed by atoms with van der Waals surface area (Å²) in [6.45, 7) is 2.71. The van der Waals surface area contributed by atoms with Gasteiger partial charge in [0, 0.05) is 50.5 Å². The van der Waals surface area contributed by atoms with Gasteiger partial charge in [0.2, 0.25) is 0 Å². The Morgan fingerprint density at radius 2 is 2.00 bits per heavy atom. The third-order valence-corrected chi connectivity index (χ3v) is 5.77. The van der Waals surface area contributed by atoms with Gasteiger partial charge in [0.1, 0.15) is 0 Å². The summed E-state index contributed by atoms with van der Waals surface area (Å²) in [5.74, 6) is 0.561. The number of nitrogens with one attached hydrogen (secondary N) is 2. The molecule has 0 unspecified atom stereocenters. The van der Waals surface area contributed by atoms with E-state index in [0.29, 0.717) is 29.8 Å². The van der Waals surface area contributed by atoms with E-state index in [2.05, 4.69) is 20.6 Å². The zero-order valence-electron chi connectivity index (χ0n) is 15.4. The highest BCUT2D eigenvalue weighted by molar-refractivity contribution is 14.0. The summed E-state index contributed by atoms with van der Waals surface area (Å²) in [4.78, 5) is 8.68. The molecule has 1 aromatic rings. The van der Waals surface area contributed by atoms with Crippen molar-refractivity contribution in [1.29, 1.82) is 0 Å². The van der Waals surface area contributed by atoms with Crippen LogP contribution in [-0.2, 0) is 16.4 Å². The fraction of sp³-hybridized carbons (Fsp3) is 0.625. The smallest absolute Gasteiger partial charge is 0.357 e. The lowest BCUT2D eigenvalue weighted by atomic mass is 10.1. The van der Waals surface area contributed by atoms with Crippen LogP contribution in [0.5, 0.6) is 0 Å². The molecule has 1 aliphatic rings. The average Bonchev–Trinajstić information content (AvgIpc) is 2.62. The molecule has 1 saturated heterocycles. The number of alkyl halides is 3. The predicted molar refractivity (Wildman–Crippen MR) is 112 cm³/mol. The number of hydrogen-bond donors (Lipinski definition) is 2. The molecule has 0 bridgehead atoms. The first-order chi connectivity index (χ1) is 12.7. The van der Waals surface area contributed by atoms with Gasteiger partial charge >= 0.3 is 15.5 Å². The molecule has 7 nitrogen and oxygen atoms in total. The van der Waals surface area contributed by atoms with Gasteiger partial charge in [-0.15, -0.1) is 24.0 Å². The summed E-state index contributed by atoms with van der Waals surface area (Å²) in [5, 5.41) is 6.26. The van der Waals surface area contributed by atoms with Crippen molar-refractivity contribution >= 4 is 40.0 Å². The van der Waals surface area contributed by atoms with Gasteiger partial charge in [-0.1, -0.05) is 6.07 Å². The van der Waals surface area contributed by atoms with Gasteiger partial charge in [-0.05, 0) is 31.9 Å². The van der Waals surface area contributed by atoms with Crippen LogP contribution in [0.3, 0.4) is 0 Å². The van der Waals surface area contributed by atoms with E-state index in [1.165, 1.54) is 0 Å². The molecule has 0 aliphatic carbocycles. The molecule has 0 spiro atoms. The van der Waals surface area contributed by atoms with Gasteiger partial charge in [0.25, 0.3) is 0 Å². The summed E-state index contributed by atoms with van der Waals surface area (Å²) in [6.07, 6.45) is 2.94. The second-order valence-electron chi connectivity index (χ2n) is 6.10. The Kier molecular flexibility index (Phi) is 9.90. The van der Waals surface area contributed by atoms with Crippen molar-refractivity contribution in [2.24, 2.45) is 4.99 Å². The van der Waals surface area contributed by atoms with E-state index in [1.54, 1.807) is 6.20 Å². The Morgan fingerprint density at radius 1 is 1.32 bits per heavy atom. The number of guanidine groups is 1. The Hall–Kier alpha value is -1.15. The van der Waals surface area contributed by atoms with Crippen molar-refractivity contribution in [1.82, 2.24) is 19.9 Å². The van der Waals surface area contributed by atoms with Crippen molar-refractivity contribution in [3.05, 3.63) is 30.1 Å². The molecule has 0 atom stereocenters. The van der Waals surface area contributed by atoms with Crippen LogP contribution in [0.4, 0.5) is 13.2 Å². The maximum absolute atomic E-state index is 12.6. The van der Waals surface area contributed by atoms with Crippen LogP contribution in [0.1, 0.15) is 25.5 Å². The van der Waals surface area contributed by atoms with E-state index in [1.807, 2.05) is 25.1 Å². The van der Waals surface area contributed by atoms with Crippen LogP contribution in [0.25, 0.3) is 0 Å². The van der Waals surface area contributed by atoms with E-state index in [9.17, 15) is 21.6 Å². The third-order valence-electron chi connectivity index (χ3n) is 4.14. The van der Waals surface area contributed by atoms with Crippen molar-refractivity contribution in [3.8, 4) is 0 Å². The fourth-order valence-corrected chi connectivity index (χ4v) is 3.71. The molecule has 28 heavy (non-hydrogen) atoms. The van der Waals surface area contributed by atoms with Crippen LogP contribution in [0.2, 0.25) is 0 Å². The molecule has 1 aliphatic heterocycles. The molecule has 0 saturated carbocycles. The summed E-state index contributed by atoms with van der Waals surface area (Å²) in [6, 6.07) is 5.51. The van der Waals surface area contributed by atoms with E-state index in [0.717, 1.165) is 5.69 Å². The zero-order valence-corrected chi connectivity index (χ0v) is 18.6. The second kappa shape index (κ2) is 11.1. The van der Waals surface area contributed by atoms with Crippen molar-refractivity contribution in [3.63, 3.8) is 0 Å². The zero-order chi connectivity index (χ0) is 19.9. The number of nitrogens with zero attached hydrogens (tertiary/aromatic N) is 3. The van der Waals surface area contributed by atoms with Crippen molar-refractivity contribution in [2.45, 2.75) is 37.7 Å². The Balaban J connectivity index is 0.00000392. The molecule has 2 heterocycles. The van der Waals surface area contributed by atoms with Gasteiger partial charge in [-0.2, -0.15) is 17.5 Å². The summed E-state index contributed by atoms with van der Waals surface area (Å²) in [5.41, 5.74) is -4.34. The molecule has 2 rings (SSSR count). The highest BCUT2D eigenvalue weighted by atomic mass is 127. The SMILES string of the molecule is CCNC(=NCCc1ccccn1)NC1CCN(S(=O)(=O)C(F)(F)F)CC1.I. The molecule has 2 N–H and O–H groups in total. The highest BCUT2D eigenvalue weighted by Gasteiger charge is 2.50. The largest absolute Gasteiger partial charge is 0.511 e. The molecule has 1 fully saturated rings. The summed E-state index contributed by atoms with van der Waals surface area (Å²) >= 11 is 0. The number of pyridine rings is 1. The fourth-order valence-electron chi connectivity index (χ4n) is 2.73. The lowest BCUT2D eigenvalue weighted by Crippen LogP contribution is -2.51. The van der Waals surface area contributed by atoms with Gasteiger partial charge in [0.15, 0.2) is 5.96 Å². The number of hydrogen-bond acceptors (Lipinski definition) is 4. The minimum atomic E-state index is -5.25. The minimum Gasteiger partial charge on any atom is -0.357 e. The van der Waals surface area contributed by atoms with E-state index in [4.69, 9.17) is 0 Å². The van der Waals surface area contributed by atoms with Crippen LogP contribution >= 0.6 is 24.0 Å². The third kappa shape index (κ3) is 7.03. The molecular weight excluding hydrogens is 510 g/mol. The maximum atomic E-state index is 12.6. The number of sulfonamides is 1. The van der Waals surface area contributed by atoms with Gasteiger partial charge in [-0.3, -0.25) is 9.98 Å². The van der Waals surface area contributed by atoms with Crippen molar-refractivity contribution in [2.75, 3.05) is 26.2 Å². The van der Waals surface area contributed by atoms with Crippen LogP contribution in [-0.4, -0.2) is 61.4 Å². The Labute approximate surface area is 180 Å². The van der Waals surface area contributed by atoms with Crippen LogP contribution < -0.4 is 10.6 Å². The maximum Gasteiger partial charge on any atom is 0.511 e. The van der Waals surface area contributed by atoms with Gasteiger partial charge < -0.3 is 10.6 Å². The van der Waals surface area contributed by atoms with E-state index >= 15 is 0 Å². The summed E-state index contributed by atoms with van der Waals surface area (Å²) in [7, 11) is -5.25. The van der Waals surface area contributed by atoms with E-state index < -0.39 is 15.5 Å². The molecule has 12 heteroatoms. The lowest BCUT2D eigenvalue weighted by molar-refractivity contribution is -0.0494. The highest BCUT2D eigenvalue weighted by Crippen LogP contribution is 2.28. The first kappa shape index (κ1) is 24.9. The molecule has 0 amide bonds. The quantitative estimate of drug-likeness (QED) is 0.331. The monoisotopic (exact) mass is 535 g/mol. The Bertz CT molecular complexity index is 724. The summed E-state index contributed by atoms with van der Waals surface area (Å²) < 4.78 is 61.3. The van der Waals surface area contributed by atoms with Crippen molar-refractivity contribution < 1.29 is 21.6 Å². The lowest BCUT2D eigenvalue weighted by Gasteiger charge is -2.32. The molecule has 1 aromatic heterocycles. The normalized spacial score (nSPS) is 17.1. The van der Waals surface area contributed by atoms with Crippen LogP contribution in [0, 0.1) is 0 Å². The second-order valence-corrected chi connectivity index (χ2v) is 8.03. The molecule has 160 valence electrons. The number of aliphatic imine (C=N–C) groups is 1. The van der Waals surface area contributed by atoms with Crippen LogP contribution in [0.15, 0.2) is 29.4 Å². The first-order valence-electron chi connectivity index (χ1n) is 8.75.